The second-order valence-electron chi connectivity index (χ2n) is 3.13. The van der Waals surface area contributed by atoms with Crippen LogP contribution in [0.15, 0.2) is 6.07 Å². The molecule has 0 aliphatic heterocycles. The predicted molar refractivity (Wildman–Crippen MR) is 51.9 cm³/mol. The first-order valence-corrected chi connectivity index (χ1v) is 4.45. The maximum absolute atomic E-state index is 12.4. The Balaban J connectivity index is 3.52. The van der Waals surface area contributed by atoms with E-state index in [4.69, 9.17) is 10.4 Å². The fourth-order valence-corrected chi connectivity index (χ4v) is 1.28. The van der Waals surface area contributed by atoms with Crippen molar-refractivity contribution in [3.63, 3.8) is 0 Å². The molecule has 0 aromatic carbocycles. The number of carbonyl (C=O) groups is 1. The third-order valence-electron chi connectivity index (χ3n) is 1.93. The van der Waals surface area contributed by atoms with E-state index in [0.717, 1.165) is 0 Å². The third kappa shape index (κ3) is 2.73. The second-order valence-corrected chi connectivity index (χ2v) is 3.13. The van der Waals surface area contributed by atoms with Crippen LogP contribution in [-0.4, -0.2) is 21.0 Å². The first-order chi connectivity index (χ1) is 8.36. The number of aromatic nitrogens is 1. The lowest BCUT2D eigenvalue weighted by atomic mass is 10.1. The largest absolute Gasteiger partial charge is 0.481 e. The molecule has 1 N–H and O–H groups in total. The summed E-state index contributed by atoms with van der Waals surface area (Å²) in [5, 5.41) is 27.9. The average molecular weight is 257 g/mol. The SMILES string of the molecule is N#Cc1cc(C(F)F)nc(CC(=O)O)c1[N+](=O)[O-]. The van der Waals surface area contributed by atoms with Crippen LogP contribution in [-0.2, 0) is 11.2 Å². The summed E-state index contributed by atoms with van der Waals surface area (Å²) in [5.41, 5.74) is -3.03. The van der Waals surface area contributed by atoms with Crippen molar-refractivity contribution in [2.24, 2.45) is 0 Å². The number of alkyl halides is 2. The fourth-order valence-electron chi connectivity index (χ4n) is 1.28. The summed E-state index contributed by atoms with van der Waals surface area (Å²) in [6, 6.07) is 1.96. The molecule has 1 aromatic rings. The first kappa shape index (κ1) is 13.4. The van der Waals surface area contributed by atoms with Crippen molar-refractivity contribution in [3.05, 3.63) is 33.1 Å². The van der Waals surface area contributed by atoms with E-state index in [-0.39, 0.29) is 0 Å². The summed E-state index contributed by atoms with van der Waals surface area (Å²) in [5.74, 6) is -1.47. The number of rotatable bonds is 4. The minimum atomic E-state index is -3.05. The van der Waals surface area contributed by atoms with Crippen LogP contribution in [0.1, 0.15) is 23.4 Å². The van der Waals surface area contributed by atoms with E-state index in [2.05, 4.69) is 4.98 Å². The van der Waals surface area contributed by atoms with Gasteiger partial charge in [0, 0.05) is 0 Å². The van der Waals surface area contributed by atoms with E-state index in [1.54, 1.807) is 0 Å². The Bertz CT molecular complexity index is 553. The van der Waals surface area contributed by atoms with Crippen LogP contribution in [0.2, 0.25) is 0 Å². The molecule has 0 bridgehead atoms. The van der Waals surface area contributed by atoms with E-state index in [1.807, 2.05) is 0 Å². The van der Waals surface area contributed by atoms with Gasteiger partial charge in [0.1, 0.15) is 23.0 Å². The molecule has 94 valence electrons. The minimum Gasteiger partial charge on any atom is -0.481 e. The maximum Gasteiger partial charge on any atom is 0.309 e. The number of pyridine rings is 1. The van der Waals surface area contributed by atoms with Gasteiger partial charge in [-0.2, -0.15) is 5.26 Å². The number of carboxylic acids is 1. The van der Waals surface area contributed by atoms with Gasteiger partial charge in [-0.15, -0.1) is 0 Å². The molecule has 1 aromatic heterocycles. The molecule has 0 fully saturated rings. The average Bonchev–Trinajstić information content (AvgIpc) is 2.26. The Kier molecular flexibility index (Phi) is 3.83. The maximum atomic E-state index is 12.4. The van der Waals surface area contributed by atoms with E-state index in [0.29, 0.717) is 6.07 Å². The highest BCUT2D eigenvalue weighted by atomic mass is 19.3. The van der Waals surface area contributed by atoms with Crippen molar-refractivity contribution >= 4 is 11.7 Å². The molecule has 0 atom stereocenters. The van der Waals surface area contributed by atoms with Crippen LogP contribution in [0.25, 0.3) is 0 Å². The van der Waals surface area contributed by atoms with E-state index in [1.165, 1.54) is 6.07 Å². The molecule has 0 radical (unpaired) electrons. The quantitative estimate of drug-likeness (QED) is 0.643. The molecular formula is C9H5F2N3O4. The lowest BCUT2D eigenvalue weighted by Gasteiger charge is -2.05. The molecule has 1 rings (SSSR count). The highest BCUT2D eigenvalue weighted by Gasteiger charge is 2.26. The van der Waals surface area contributed by atoms with Gasteiger partial charge in [0.05, 0.1) is 11.3 Å². The minimum absolute atomic E-state index is 0.578. The van der Waals surface area contributed by atoms with Gasteiger partial charge in [-0.3, -0.25) is 14.9 Å². The smallest absolute Gasteiger partial charge is 0.309 e. The molecule has 0 saturated heterocycles. The van der Waals surface area contributed by atoms with Crippen LogP contribution in [0.3, 0.4) is 0 Å². The lowest BCUT2D eigenvalue weighted by molar-refractivity contribution is -0.386. The van der Waals surface area contributed by atoms with Crippen LogP contribution in [0.4, 0.5) is 14.5 Å². The molecule has 0 aliphatic rings. The summed E-state index contributed by atoms with van der Waals surface area (Å²) in [6.45, 7) is 0. The Labute approximate surface area is 98.4 Å². The number of hydrogen-bond acceptors (Lipinski definition) is 5. The number of hydrogen-bond donors (Lipinski definition) is 1. The molecule has 0 aliphatic carbocycles. The number of halogens is 2. The van der Waals surface area contributed by atoms with Crippen molar-refractivity contribution in [3.8, 4) is 6.07 Å². The lowest BCUT2D eigenvalue weighted by Crippen LogP contribution is -2.10. The van der Waals surface area contributed by atoms with Crippen molar-refractivity contribution in [1.29, 1.82) is 5.26 Å². The molecule has 7 nitrogen and oxygen atoms in total. The molecule has 9 heteroatoms. The van der Waals surface area contributed by atoms with Crippen molar-refractivity contribution in [1.82, 2.24) is 4.98 Å². The van der Waals surface area contributed by atoms with Crippen molar-refractivity contribution in [2.75, 3.05) is 0 Å². The number of nitriles is 1. The highest BCUT2D eigenvalue weighted by Crippen LogP contribution is 2.27. The van der Waals surface area contributed by atoms with Crippen LogP contribution >= 0.6 is 0 Å². The summed E-state index contributed by atoms with van der Waals surface area (Å²) in [6.07, 6.45) is -3.96. The van der Waals surface area contributed by atoms with Gasteiger partial charge >= 0.3 is 11.7 Å². The highest BCUT2D eigenvalue weighted by molar-refractivity contribution is 5.72. The van der Waals surface area contributed by atoms with Gasteiger partial charge in [-0.1, -0.05) is 0 Å². The van der Waals surface area contributed by atoms with Gasteiger partial charge in [0.15, 0.2) is 0 Å². The van der Waals surface area contributed by atoms with E-state index in [9.17, 15) is 23.7 Å². The van der Waals surface area contributed by atoms with E-state index >= 15 is 0 Å². The first-order valence-electron chi connectivity index (χ1n) is 4.45. The fraction of sp³-hybridized carbons (Fsp3) is 0.222. The second kappa shape index (κ2) is 5.13. The summed E-state index contributed by atoms with van der Waals surface area (Å²) < 4.78 is 24.9. The van der Waals surface area contributed by atoms with Gasteiger partial charge in [0.2, 0.25) is 0 Å². The zero-order chi connectivity index (χ0) is 13.9. The molecule has 1 heterocycles. The Morgan fingerprint density at radius 1 is 1.67 bits per heavy atom. The summed E-state index contributed by atoms with van der Waals surface area (Å²) in [4.78, 5) is 23.4. The standard InChI is InChI=1S/C9H5F2N3O4/c10-9(11)6-1-4(3-12)8(14(17)18)5(13-6)2-7(15)16/h1,9H,2H2,(H,15,16). The van der Waals surface area contributed by atoms with Gasteiger partial charge < -0.3 is 5.11 Å². The summed E-state index contributed by atoms with van der Waals surface area (Å²) in [7, 11) is 0. The number of aliphatic carboxylic acids is 1. The zero-order valence-corrected chi connectivity index (χ0v) is 8.63. The topological polar surface area (TPSA) is 117 Å². The molecule has 0 spiro atoms. The number of carboxylic acid groups (broad SMARTS) is 1. The molecule has 18 heavy (non-hydrogen) atoms. The Morgan fingerprint density at radius 3 is 2.67 bits per heavy atom. The third-order valence-corrected chi connectivity index (χ3v) is 1.93. The molecule has 0 unspecified atom stereocenters. The monoisotopic (exact) mass is 257 g/mol. The molecule has 0 saturated carbocycles. The predicted octanol–water partition coefficient (Wildman–Crippen LogP) is 1.43. The molecular weight excluding hydrogens is 252 g/mol. The number of nitrogens with zero attached hydrogens (tertiary/aromatic N) is 3. The van der Waals surface area contributed by atoms with Crippen LogP contribution in [0, 0.1) is 21.4 Å². The van der Waals surface area contributed by atoms with Crippen LogP contribution in [0.5, 0.6) is 0 Å². The van der Waals surface area contributed by atoms with E-state index < -0.39 is 46.4 Å². The van der Waals surface area contributed by atoms with Crippen molar-refractivity contribution < 1.29 is 23.6 Å². The Morgan fingerprint density at radius 2 is 2.28 bits per heavy atom. The van der Waals surface area contributed by atoms with Gasteiger partial charge in [-0.05, 0) is 6.07 Å². The Hall–Kier alpha value is -2.63. The number of nitro groups is 1. The zero-order valence-electron chi connectivity index (χ0n) is 8.63. The summed E-state index contributed by atoms with van der Waals surface area (Å²) >= 11 is 0. The molecule has 0 amide bonds. The normalized spacial score (nSPS) is 10.1. The van der Waals surface area contributed by atoms with Gasteiger partial charge in [0.25, 0.3) is 6.43 Å². The van der Waals surface area contributed by atoms with Crippen LogP contribution < -0.4 is 0 Å². The van der Waals surface area contributed by atoms with Crippen molar-refractivity contribution in [2.45, 2.75) is 12.8 Å². The van der Waals surface area contributed by atoms with Gasteiger partial charge in [-0.25, -0.2) is 13.8 Å².